The van der Waals surface area contributed by atoms with Gasteiger partial charge in [-0.2, -0.15) is 5.26 Å². The molecule has 1 N–H and O–H groups in total. The van der Waals surface area contributed by atoms with Crippen LogP contribution in [0.1, 0.15) is 16.7 Å². The van der Waals surface area contributed by atoms with Gasteiger partial charge in [-0.25, -0.2) is 0 Å². The predicted octanol–water partition coefficient (Wildman–Crippen LogP) is 2.66. The fraction of sp³-hybridized carbons (Fsp3) is 0.174. The van der Waals surface area contributed by atoms with Gasteiger partial charge in [0.05, 0.1) is 19.0 Å². The summed E-state index contributed by atoms with van der Waals surface area (Å²) in [5.41, 5.74) is 2.84. The Morgan fingerprint density at radius 3 is 2.34 bits per heavy atom. The third-order valence-corrected chi connectivity index (χ3v) is 4.34. The number of nitrogens with one attached hydrogen (secondary N) is 1. The Balaban J connectivity index is 1.44. The number of nitrogens with zero attached hydrogens (tertiary/aromatic N) is 2. The zero-order valence-electron chi connectivity index (χ0n) is 15.9. The first-order chi connectivity index (χ1) is 14.1. The predicted molar refractivity (Wildman–Crippen MR) is 109 cm³/mol. The van der Waals surface area contributed by atoms with Crippen LogP contribution in [0.4, 0.5) is 0 Å². The Morgan fingerprint density at radius 2 is 1.66 bits per heavy atom. The summed E-state index contributed by atoms with van der Waals surface area (Å²) >= 11 is 0. The normalized spacial score (nSPS) is 10.2. The van der Waals surface area contributed by atoms with Crippen molar-refractivity contribution in [2.45, 2.75) is 19.5 Å². The van der Waals surface area contributed by atoms with Crippen molar-refractivity contribution >= 4 is 5.91 Å². The van der Waals surface area contributed by atoms with E-state index >= 15 is 0 Å². The summed E-state index contributed by atoms with van der Waals surface area (Å²) in [5, 5.41) is 11.5. The third-order valence-electron chi connectivity index (χ3n) is 4.34. The van der Waals surface area contributed by atoms with Gasteiger partial charge in [-0.1, -0.05) is 42.5 Å². The molecule has 2 aromatic carbocycles. The molecule has 146 valence electrons. The summed E-state index contributed by atoms with van der Waals surface area (Å²) in [7, 11) is 0. The number of hydrogen-bond acceptors (Lipinski definition) is 4. The SMILES string of the molecule is N#CCc1ccc(OCC(=O)NCc2ccc(Cn3ccccc3=O)cc2)cc1. The van der Waals surface area contributed by atoms with Gasteiger partial charge in [0.2, 0.25) is 0 Å². The Bertz CT molecular complexity index is 1050. The largest absolute Gasteiger partial charge is 0.484 e. The van der Waals surface area contributed by atoms with E-state index in [1.54, 1.807) is 29.0 Å². The Hall–Kier alpha value is -3.85. The number of hydrogen-bond donors (Lipinski definition) is 1. The first-order valence-electron chi connectivity index (χ1n) is 9.23. The van der Waals surface area contributed by atoms with E-state index in [1.165, 1.54) is 6.07 Å². The highest BCUT2D eigenvalue weighted by molar-refractivity contribution is 5.77. The van der Waals surface area contributed by atoms with Crippen molar-refractivity contribution in [1.82, 2.24) is 9.88 Å². The van der Waals surface area contributed by atoms with Gasteiger partial charge in [0.15, 0.2) is 6.61 Å². The lowest BCUT2D eigenvalue weighted by atomic mass is 10.1. The smallest absolute Gasteiger partial charge is 0.258 e. The lowest BCUT2D eigenvalue weighted by molar-refractivity contribution is -0.123. The molecule has 3 rings (SSSR count). The summed E-state index contributed by atoms with van der Waals surface area (Å²) < 4.78 is 7.10. The van der Waals surface area contributed by atoms with Gasteiger partial charge in [0.1, 0.15) is 5.75 Å². The molecule has 6 nitrogen and oxygen atoms in total. The second-order valence-electron chi connectivity index (χ2n) is 6.53. The maximum atomic E-state index is 12.0. The average molecular weight is 387 g/mol. The number of rotatable bonds is 8. The van der Waals surface area contributed by atoms with E-state index in [2.05, 4.69) is 11.4 Å². The summed E-state index contributed by atoms with van der Waals surface area (Å²) in [6.45, 7) is 0.828. The molecule has 6 heteroatoms. The van der Waals surface area contributed by atoms with Gasteiger partial charge in [0.25, 0.3) is 11.5 Å². The lowest BCUT2D eigenvalue weighted by Crippen LogP contribution is -2.28. The molecule has 0 saturated heterocycles. The highest BCUT2D eigenvalue weighted by Crippen LogP contribution is 2.12. The van der Waals surface area contributed by atoms with Crippen molar-refractivity contribution in [3.05, 3.63) is 100.0 Å². The number of carbonyl (C=O) groups is 1. The molecule has 29 heavy (non-hydrogen) atoms. The second-order valence-corrected chi connectivity index (χ2v) is 6.53. The van der Waals surface area contributed by atoms with Crippen molar-refractivity contribution < 1.29 is 9.53 Å². The van der Waals surface area contributed by atoms with Crippen molar-refractivity contribution in [3.63, 3.8) is 0 Å². The quantitative estimate of drug-likeness (QED) is 0.644. The maximum absolute atomic E-state index is 12.0. The Labute approximate surface area is 169 Å². The van der Waals surface area contributed by atoms with Crippen LogP contribution in [0.2, 0.25) is 0 Å². The van der Waals surface area contributed by atoms with Gasteiger partial charge in [-0.15, -0.1) is 0 Å². The van der Waals surface area contributed by atoms with Gasteiger partial charge in [-0.3, -0.25) is 9.59 Å². The molecule has 0 aliphatic carbocycles. The number of benzene rings is 2. The highest BCUT2D eigenvalue weighted by Gasteiger charge is 2.04. The molecule has 1 aromatic heterocycles. The molecule has 0 fully saturated rings. The van der Waals surface area contributed by atoms with Crippen LogP contribution in [0.3, 0.4) is 0 Å². The highest BCUT2D eigenvalue weighted by atomic mass is 16.5. The van der Waals surface area contributed by atoms with Crippen LogP contribution in [0, 0.1) is 11.3 Å². The molecular weight excluding hydrogens is 366 g/mol. The number of aromatic nitrogens is 1. The molecule has 0 unspecified atom stereocenters. The van der Waals surface area contributed by atoms with E-state index in [0.717, 1.165) is 16.7 Å². The van der Waals surface area contributed by atoms with Crippen LogP contribution < -0.4 is 15.6 Å². The second kappa shape index (κ2) is 9.90. The van der Waals surface area contributed by atoms with Gasteiger partial charge >= 0.3 is 0 Å². The molecule has 1 amide bonds. The summed E-state index contributed by atoms with van der Waals surface area (Å²) in [6, 6.07) is 22.0. The van der Waals surface area contributed by atoms with Gasteiger partial charge in [0, 0.05) is 18.8 Å². The summed E-state index contributed by atoms with van der Waals surface area (Å²) in [6.07, 6.45) is 2.11. The van der Waals surface area contributed by atoms with E-state index < -0.39 is 0 Å². The molecule has 0 spiro atoms. The monoisotopic (exact) mass is 387 g/mol. The maximum Gasteiger partial charge on any atom is 0.258 e. The molecule has 1 heterocycles. The van der Waals surface area contributed by atoms with E-state index in [4.69, 9.17) is 10.00 Å². The molecule has 0 radical (unpaired) electrons. The van der Waals surface area contributed by atoms with Crippen LogP contribution >= 0.6 is 0 Å². The van der Waals surface area contributed by atoms with Crippen LogP contribution in [-0.4, -0.2) is 17.1 Å². The first-order valence-corrected chi connectivity index (χ1v) is 9.23. The zero-order valence-corrected chi connectivity index (χ0v) is 15.9. The third kappa shape index (κ3) is 6.08. The molecule has 3 aromatic rings. The minimum Gasteiger partial charge on any atom is -0.484 e. The minimum absolute atomic E-state index is 0.0384. The van der Waals surface area contributed by atoms with Crippen LogP contribution in [0.25, 0.3) is 0 Å². The molecule has 0 atom stereocenters. The molecule has 0 bridgehead atoms. The van der Waals surface area contributed by atoms with Gasteiger partial charge in [-0.05, 0) is 34.9 Å². The van der Waals surface area contributed by atoms with E-state index in [0.29, 0.717) is 25.3 Å². The van der Waals surface area contributed by atoms with Gasteiger partial charge < -0.3 is 14.6 Å². The topological polar surface area (TPSA) is 84.1 Å². The van der Waals surface area contributed by atoms with Crippen molar-refractivity contribution in [2.75, 3.05) is 6.61 Å². The van der Waals surface area contributed by atoms with Crippen LogP contribution in [0.15, 0.2) is 77.7 Å². The minimum atomic E-state index is -0.217. The molecule has 0 saturated carbocycles. The number of nitriles is 1. The fourth-order valence-electron chi connectivity index (χ4n) is 2.75. The van der Waals surface area contributed by atoms with Crippen molar-refractivity contribution in [3.8, 4) is 11.8 Å². The Morgan fingerprint density at radius 1 is 0.966 bits per heavy atom. The first kappa shape index (κ1) is 19.9. The summed E-state index contributed by atoms with van der Waals surface area (Å²) in [5.74, 6) is 0.369. The van der Waals surface area contributed by atoms with Crippen LogP contribution in [-0.2, 0) is 24.3 Å². The Kier molecular flexibility index (Phi) is 6.80. The molecule has 0 aliphatic rings. The number of pyridine rings is 1. The number of carbonyl (C=O) groups excluding carboxylic acids is 1. The van der Waals surface area contributed by atoms with E-state index in [9.17, 15) is 9.59 Å². The zero-order chi connectivity index (χ0) is 20.5. The van der Waals surface area contributed by atoms with E-state index in [1.807, 2.05) is 42.5 Å². The number of amides is 1. The van der Waals surface area contributed by atoms with Crippen molar-refractivity contribution in [1.29, 1.82) is 5.26 Å². The van der Waals surface area contributed by atoms with Crippen LogP contribution in [0.5, 0.6) is 5.75 Å². The molecular formula is C23H21N3O3. The van der Waals surface area contributed by atoms with E-state index in [-0.39, 0.29) is 18.1 Å². The lowest BCUT2D eigenvalue weighted by Gasteiger charge is -2.09. The average Bonchev–Trinajstić information content (AvgIpc) is 2.74. The summed E-state index contributed by atoms with van der Waals surface area (Å²) in [4.78, 5) is 23.8. The number of ether oxygens (including phenoxy) is 1. The molecule has 0 aliphatic heterocycles. The standard InChI is InChI=1S/C23H21N3O3/c24-13-12-18-8-10-21(11-9-18)29-17-22(27)25-15-19-4-6-20(7-5-19)16-26-14-2-1-3-23(26)28/h1-11,14H,12,15-17H2,(H,25,27). The van der Waals surface area contributed by atoms with Crippen molar-refractivity contribution in [2.24, 2.45) is 0 Å². The fourth-order valence-corrected chi connectivity index (χ4v) is 2.75.